The molecule has 2 aliphatic rings. The van der Waals surface area contributed by atoms with Gasteiger partial charge in [0.1, 0.15) is 11.6 Å². The average molecular weight is 378 g/mol. The van der Waals surface area contributed by atoms with E-state index in [0.717, 1.165) is 32.0 Å². The number of esters is 1. The molecule has 0 amide bonds. The van der Waals surface area contributed by atoms with Crippen LogP contribution in [0, 0.1) is 18.7 Å². The van der Waals surface area contributed by atoms with E-state index in [1.807, 2.05) is 0 Å². The standard InChI is InChI=1S/C15H17FO3.C7H14O/c1-9-12(16)5-4-11(8-13(18)19-3)14(9)15(6-7-15)10(2)17;1-2-7-3-5-8-6-4-7/h4-5H,6-8H2,1-3H3;7H,2-6H2,1H3. The molecule has 0 atom stereocenters. The number of carbonyl (C=O) groups excluding carboxylic acids is 2. The van der Waals surface area contributed by atoms with Gasteiger partial charge in [-0.05, 0) is 68.2 Å². The molecule has 1 aromatic carbocycles. The van der Waals surface area contributed by atoms with Crippen molar-refractivity contribution in [2.45, 2.75) is 64.7 Å². The molecule has 1 aromatic rings. The van der Waals surface area contributed by atoms with Gasteiger partial charge >= 0.3 is 5.97 Å². The molecule has 150 valence electrons. The second-order valence-electron chi connectivity index (χ2n) is 7.56. The Labute approximate surface area is 161 Å². The molecule has 0 spiro atoms. The fraction of sp³-hybridized carbons (Fsp3) is 0.636. The lowest BCUT2D eigenvalue weighted by atomic mass is 9.84. The van der Waals surface area contributed by atoms with Crippen molar-refractivity contribution in [3.8, 4) is 0 Å². The number of rotatable bonds is 5. The van der Waals surface area contributed by atoms with Crippen molar-refractivity contribution in [1.82, 2.24) is 0 Å². The van der Waals surface area contributed by atoms with E-state index >= 15 is 0 Å². The molecule has 1 aliphatic carbocycles. The van der Waals surface area contributed by atoms with Crippen molar-refractivity contribution >= 4 is 11.8 Å². The highest BCUT2D eigenvalue weighted by molar-refractivity contribution is 5.92. The minimum atomic E-state index is -0.588. The Bertz CT molecular complexity index is 673. The Hall–Kier alpha value is -1.75. The molecule has 0 N–H and O–H groups in total. The monoisotopic (exact) mass is 378 g/mol. The fourth-order valence-corrected chi connectivity index (χ4v) is 3.84. The summed E-state index contributed by atoms with van der Waals surface area (Å²) in [5.74, 6) is 0.277. The van der Waals surface area contributed by atoms with Gasteiger partial charge in [-0.3, -0.25) is 9.59 Å². The second kappa shape index (κ2) is 9.45. The summed E-state index contributed by atoms with van der Waals surface area (Å²) in [6.45, 7) is 7.45. The number of carbonyl (C=O) groups is 2. The molecule has 0 unspecified atom stereocenters. The third-order valence-corrected chi connectivity index (χ3v) is 5.87. The maximum Gasteiger partial charge on any atom is 0.309 e. The summed E-state index contributed by atoms with van der Waals surface area (Å²) in [5.41, 5.74) is 1.26. The average Bonchev–Trinajstić information content (AvgIpc) is 3.47. The molecule has 2 fully saturated rings. The highest BCUT2D eigenvalue weighted by Gasteiger charge is 2.51. The van der Waals surface area contributed by atoms with Crippen molar-refractivity contribution in [1.29, 1.82) is 0 Å². The lowest BCUT2D eigenvalue weighted by molar-refractivity contribution is -0.139. The molecule has 1 heterocycles. The molecule has 4 nitrogen and oxygen atoms in total. The maximum atomic E-state index is 13.8. The molecule has 0 aromatic heterocycles. The Morgan fingerprint density at radius 3 is 2.33 bits per heavy atom. The molecule has 0 radical (unpaired) electrons. The summed E-state index contributed by atoms with van der Waals surface area (Å²) < 4.78 is 23.6. The quantitative estimate of drug-likeness (QED) is 0.717. The molecule has 27 heavy (non-hydrogen) atoms. The van der Waals surface area contributed by atoms with Crippen molar-refractivity contribution < 1.29 is 23.5 Å². The topological polar surface area (TPSA) is 52.6 Å². The molecular weight excluding hydrogens is 347 g/mol. The van der Waals surface area contributed by atoms with Crippen molar-refractivity contribution in [2.24, 2.45) is 5.92 Å². The smallest absolute Gasteiger partial charge is 0.309 e. The normalized spacial score (nSPS) is 18.3. The van der Waals surface area contributed by atoms with Gasteiger partial charge in [0.25, 0.3) is 0 Å². The fourth-order valence-electron chi connectivity index (χ4n) is 3.84. The van der Waals surface area contributed by atoms with Gasteiger partial charge in [-0.15, -0.1) is 0 Å². The Kier molecular flexibility index (Phi) is 7.54. The van der Waals surface area contributed by atoms with E-state index in [0.29, 0.717) is 16.7 Å². The Morgan fingerprint density at radius 2 is 1.89 bits per heavy atom. The minimum Gasteiger partial charge on any atom is -0.469 e. The van der Waals surface area contributed by atoms with Crippen LogP contribution in [0.4, 0.5) is 4.39 Å². The molecular formula is C22H31FO4. The van der Waals surface area contributed by atoms with Crippen LogP contribution in [0.15, 0.2) is 12.1 Å². The number of ketones is 1. The van der Waals surface area contributed by atoms with Gasteiger partial charge in [0.15, 0.2) is 0 Å². The summed E-state index contributed by atoms with van der Waals surface area (Å²) in [4.78, 5) is 23.3. The zero-order valence-electron chi connectivity index (χ0n) is 16.9. The van der Waals surface area contributed by atoms with Crippen LogP contribution in [0.1, 0.15) is 62.6 Å². The lowest BCUT2D eigenvalue weighted by Gasteiger charge is -2.20. The zero-order chi connectivity index (χ0) is 20.0. The van der Waals surface area contributed by atoms with Crippen molar-refractivity contribution in [3.05, 3.63) is 34.6 Å². The van der Waals surface area contributed by atoms with Gasteiger partial charge in [0.2, 0.25) is 0 Å². The minimum absolute atomic E-state index is 0.0346. The highest BCUT2D eigenvalue weighted by Crippen LogP contribution is 2.51. The lowest BCUT2D eigenvalue weighted by Crippen LogP contribution is -2.22. The van der Waals surface area contributed by atoms with E-state index in [1.54, 1.807) is 13.0 Å². The SMILES string of the molecule is CCC1CCOCC1.COC(=O)Cc1ccc(F)c(C)c1C1(C(C)=O)CC1. The van der Waals surface area contributed by atoms with E-state index in [9.17, 15) is 14.0 Å². The summed E-state index contributed by atoms with van der Waals surface area (Å²) in [7, 11) is 1.32. The first-order valence-electron chi connectivity index (χ1n) is 9.79. The zero-order valence-corrected chi connectivity index (χ0v) is 16.9. The highest BCUT2D eigenvalue weighted by atomic mass is 19.1. The van der Waals surface area contributed by atoms with Gasteiger partial charge in [-0.25, -0.2) is 4.39 Å². The van der Waals surface area contributed by atoms with Crippen LogP contribution in [0.3, 0.4) is 0 Å². The molecule has 3 rings (SSSR count). The summed E-state index contributed by atoms with van der Waals surface area (Å²) in [5, 5.41) is 0. The van der Waals surface area contributed by atoms with Crippen LogP contribution in [0.5, 0.6) is 0 Å². The van der Waals surface area contributed by atoms with Crippen LogP contribution in [0.25, 0.3) is 0 Å². The largest absolute Gasteiger partial charge is 0.469 e. The van der Waals surface area contributed by atoms with Gasteiger partial charge in [-0.1, -0.05) is 19.4 Å². The van der Waals surface area contributed by atoms with Gasteiger partial charge < -0.3 is 9.47 Å². The van der Waals surface area contributed by atoms with Crippen LogP contribution in [-0.4, -0.2) is 32.1 Å². The summed E-state index contributed by atoms with van der Waals surface area (Å²) in [6.07, 6.45) is 5.43. The van der Waals surface area contributed by atoms with Gasteiger partial charge in [-0.2, -0.15) is 0 Å². The van der Waals surface area contributed by atoms with Crippen LogP contribution in [-0.2, 0) is 30.9 Å². The third kappa shape index (κ3) is 5.16. The maximum absolute atomic E-state index is 13.8. The molecule has 0 bridgehead atoms. The summed E-state index contributed by atoms with van der Waals surface area (Å²) in [6, 6.07) is 2.92. The summed E-state index contributed by atoms with van der Waals surface area (Å²) >= 11 is 0. The number of ether oxygens (including phenoxy) is 2. The van der Waals surface area contributed by atoms with Crippen molar-refractivity contribution in [2.75, 3.05) is 20.3 Å². The van der Waals surface area contributed by atoms with E-state index < -0.39 is 5.41 Å². The van der Waals surface area contributed by atoms with Crippen LogP contribution >= 0.6 is 0 Å². The van der Waals surface area contributed by atoms with Gasteiger partial charge in [0.05, 0.1) is 18.9 Å². The van der Waals surface area contributed by atoms with E-state index in [-0.39, 0.29) is 24.0 Å². The first-order valence-corrected chi connectivity index (χ1v) is 9.79. The molecule has 1 saturated heterocycles. The molecule has 1 aliphatic heterocycles. The Morgan fingerprint density at radius 1 is 1.26 bits per heavy atom. The number of methoxy groups -OCH3 is 1. The first kappa shape index (κ1) is 21.5. The number of hydrogen-bond acceptors (Lipinski definition) is 4. The second-order valence-corrected chi connectivity index (χ2v) is 7.56. The molecule has 5 heteroatoms. The van der Waals surface area contributed by atoms with E-state index in [2.05, 4.69) is 11.7 Å². The number of hydrogen-bond donors (Lipinski definition) is 0. The first-order chi connectivity index (χ1) is 12.9. The van der Waals surface area contributed by atoms with E-state index in [1.165, 1.54) is 39.4 Å². The van der Waals surface area contributed by atoms with Crippen molar-refractivity contribution in [3.63, 3.8) is 0 Å². The molecule has 1 saturated carbocycles. The number of benzene rings is 1. The van der Waals surface area contributed by atoms with Crippen LogP contribution < -0.4 is 0 Å². The third-order valence-electron chi connectivity index (χ3n) is 5.87. The Balaban J connectivity index is 0.000000273. The number of Topliss-reactive ketones (excluding diaryl/α,β-unsaturated/α-hetero) is 1. The predicted octanol–water partition coefficient (Wildman–Crippen LogP) is 4.29. The van der Waals surface area contributed by atoms with Gasteiger partial charge in [0, 0.05) is 13.2 Å². The predicted molar refractivity (Wildman–Crippen MR) is 102 cm³/mol. The van der Waals surface area contributed by atoms with Crippen LogP contribution in [0.2, 0.25) is 0 Å². The van der Waals surface area contributed by atoms with E-state index in [4.69, 9.17) is 4.74 Å². The number of halogens is 1.